The summed E-state index contributed by atoms with van der Waals surface area (Å²) in [5, 5.41) is 7.95. The zero-order valence-corrected chi connectivity index (χ0v) is 14.0. The van der Waals surface area contributed by atoms with Gasteiger partial charge in [0.1, 0.15) is 11.5 Å². The Balaban J connectivity index is 2.06. The maximum absolute atomic E-state index is 5.44. The lowest BCUT2D eigenvalue weighted by atomic mass is 10.2. The van der Waals surface area contributed by atoms with Gasteiger partial charge >= 0.3 is 0 Å². The number of nitrogens with one attached hydrogen (secondary N) is 1. The molecule has 1 heterocycles. The fourth-order valence-electron chi connectivity index (χ4n) is 1.98. The van der Waals surface area contributed by atoms with Crippen molar-refractivity contribution >= 4 is 23.0 Å². The zero-order valence-electron chi connectivity index (χ0n) is 13.2. The van der Waals surface area contributed by atoms with Crippen LogP contribution in [0.4, 0.5) is 5.69 Å². The van der Waals surface area contributed by atoms with E-state index in [1.807, 2.05) is 47.9 Å². The Bertz CT molecular complexity index is 657. The number of methoxy groups -OCH3 is 2. The Hall–Kier alpha value is -2.28. The summed E-state index contributed by atoms with van der Waals surface area (Å²) in [6, 6.07) is 7.51. The van der Waals surface area contributed by atoms with Crippen molar-refractivity contribution in [1.29, 1.82) is 0 Å². The molecule has 0 aliphatic heterocycles. The van der Waals surface area contributed by atoms with E-state index in [1.165, 1.54) is 0 Å². The molecule has 0 aliphatic carbocycles. The molecule has 7 heteroatoms. The molecule has 0 radical (unpaired) electrons. The second-order valence-corrected chi connectivity index (χ2v) is 5.19. The minimum atomic E-state index is 0.602. The van der Waals surface area contributed by atoms with E-state index in [1.54, 1.807) is 20.4 Å². The van der Waals surface area contributed by atoms with Gasteiger partial charge in [0.05, 0.1) is 32.1 Å². The van der Waals surface area contributed by atoms with Crippen molar-refractivity contribution in [1.82, 2.24) is 14.7 Å². The van der Waals surface area contributed by atoms with Crippen LogP contribution in [0.15, 0.2) is 30.5 Å². The Kier molecular flexibility index (Phi) is 5.21. The van der Waals surface area contributed by atoms with Gasteiger partial charge in [-0.3, -0.25) is 4.68 Å². The van der Waals surface area contributed by atoms with Crippen LogP contribution in [-0.4, -0.2) is 41.1 Å². The van der Waals surface area contributed by atoms with E-state index in [2.05, 4.69) is 10.4 Å². The minimum absolute atomic E-state index is 0.602. The van der Waals surface area contributed by atoms with E-state index in [4.69, 9.17) is 21.7 Å². The van der Waals surface area contributed by atoms with Crippen LogP contribution in [0.1, 0.15) is 5.69 Å². The lowest BCUT2D eigenvalue weighted by Gasteiger charge is -2.22. The molecule has 0 amide bonds. The normalized spacial score (nSPS) is 10.2. The van der Waals surface area contributed by atoms with Crippen LogP contribution in [-0.2, 0) is 13.6 Å². The van der Waals surface area contributed by atoms with Crippen LogP contribution >= 0.6 is 12.2 Å². The largest absolute Gasteiger partial charge is 0.497 e. The second kappa shape index (κ2) is 7.13. The molecule has 118 valence electrons. The number of nitrogens with zero attached hydrogens (tertiary/aromatic N) is 3. The summed E-state index contributed by atoms with van der Waals surface area (Å²) in [4.78, 5) is 1.94. The predicted octanol–water partition coefficient (Wildman–Crippen LogP) is 2.27. The number of benzene rings is 1. The van der Waals surface area contributed by atoms with Crippen molar-refractivity contribution < 1.29 is 9.47 Å². The fourth-order valence-corrected chi connectivity index (χ4v) is 2.16. The third-order valence-electron chi connectivity index (χ3n) is 3.32. The molecule has 0 unspecified atom stereocenters. The molecule has 22 heavy (non-hydrogen) atoms. The molecule has 0 saturated carbocycles. The summed E-state index contributed by atoms with van der Waals surface area (Å²) in [5.41, 5.74) is 1.87. The molecule has 1 aromatic carbocycles. The molecule has 0 fully saturated rings. The van der Waals surface area contributed by atoms with Crippen LogP contribution in [0.5, 0.6) is 11.5 Å². The quantitative estimate of drug-likeness (QED) is 0.853. The lowest BCUT2D eigenvalue weighted by molar-refractivity contribution is 0.395. The number of thiocarbonyl (C=S) groups is 1. The van der Waals surface area contributed by atoms with Gasteiger partial charge in [0.15, 0.2) is 5.11 Å². The number of hydrogen-bond donors (Lipinski definition) is 1. The fraction of sp³-hybridized carbons (Fsp3) is 0.333. The van der Waals surface area contributed by atoms with Gasteiger partial charge in [-0.1, -0.05) is 0 Å². The summed E-state index contributed by atoms with van der Waals surface area (Å²) in [7, 11) is 7.07. The van der Waals surface area contributed by atoms with Crippen molar-refractivity contribution in [3.8, 4) is 11.5 Å². The van der Waals surface area contributed by atoms with Gasteiger partial charge in [0.25, 0.3) is 0 Å². The molecule has 0 spiro atoms. The molecule has 6 nitrogen and oxygen atoms in total. The third kappa shape index (κ3) is 3.67. The van der Waals surface area contributed by atoms with Crippen LogP contribution in [0, 0.1) is 0 Å². The molecule has 1 aromatic heterocycles. The van der Waals surface area contributed by atoms with E-state index in [-0.39, 0.29) is 0 Å². The highest BCUT2D eigenvalue weighted by atomic mass is 32.1. The van der Waals surface area contributed by atoms with Crippen molar-refractivity contribution in [3.63, 3.8) is 0 Å². The molecular formula is C15H20N4O2S. The van der Waals surface area contributed by atoms with Crippen LogP contribution in [0.25, 0.3) is 0 Å². The van der Waals surface area contributed by atoms with Gasteiger partial charge in [-0.25, -0.2) is 0 Å². The minimum Gasteiger partial charge on any atom is -0.497 e. The number of anilines is 1. The Morgan fingerprint density at radius 1 is 1.32 bits per heavy atom. The molecule has 0 bridgehead atoms. The maximum Gasteiger partial charge on any atom is 0.173 e. The van der Waals surface area contributed by atoms with Crippen molar-refractivity contribution in [2.75, 3.05) is 26.6 Å². The van der Waals surface area contributed by atoms with E-state index < -0.39 is 0 Å². The Morgan fingerprint density at radius 3 is 2.68 bits per heavy atom. The Morgan fingerprint density at radius 2 is 2.09 bits per heavy atom. The monoisotopic (exact) mass is 320 g/mol. The second-order valence-electron chi connectivity index (χ2n) is 4.80. The summed E-state index contributed by atoms with van der Waals surface area (Å²) >= 11 is 5.44. The van der Waals surface area contributed by atoms with Gasteiger partial charge < -0.3 is 19.7 Å². The highest BCUT2D eigenvalue weighted by molar-refractivity contribution is 7.80. The predicted molar refractivity (Wildman–Crippen MR) is 90.4 cm³/mol. The topological polar surface area (TPSA) is 51.5 Å². The molecule has 1 N–H and O–H groups in total. The van der Waals surface area contributed by atoms with Gasteiger partial charge in [-0.05, 0) is 30.4 Å². The summed E-state index contributed by atoms with van der Waals surface area (Å²) in [5.74, 6) is 1.41. The average molecular weight is 320 g/mol. The highest BCUT2D eigenvalue weighted by Gasteiger charge is 2.11. The van der Waals surface area contributed by atoms with E-state index in [9.17, 15) is 0 Å². The van der Waals surface area contributed by atoms with E-state index in [0.29, 0.717) is 17.4 Å². The maximum atomic E-state index is 5.44. The van der Waals surface area contributed by atoms with Gasteiger partial charge in [-0.15, -0.1) is 0 Å². The van der Waals surface area contributed by atoms with Crippen LogP contribution < -0.4 is 14.8 Å². The van der Waals surface area contributed by atoms with Crippen LogP contribution in [0.3, 0.4) is 0 Å². The Labute approximate surface area is 135 Å². The first-order valence-corrected chi connectivity index (χ1v) is 7.17. The summed E-state index contributed by atoms with van der Waals surface area (Å²) < 4.78 is 12.4. The zero-order chi connectivity index (χ0) is 16.1. The first-order valence-electron chi connectivity index (χ1n) is 6.76. The average Bonchev–Trinajstić information content (AvgIpc) is 2.92. The van der Waals surface area contributed by atoms with Crippen molar-refractivity contribution in [3.05, 3.63) is 36.2 Å². The molecule has 0 atom stereocenters. The molecule has 2 aromatic rings. The molecule has 0 saturated heterocycles. The van der Waals surface area contributed by atoms with Gasteiger partial charge in [0, 0.05) is 26.4 Å². The highest BCUT2D eigenvalue weighted by Crippen LogP contribution is 2.29. The first kappa shape index (κ1) is 16.1. The van der Waals surface area contributed by atoms with E-state index >= 15 is 0 Å². The van der Waals surface area contributed by atoms with Crippen molar-refractivity contribution in [2.45, 2.75) is 6.54 Å². The van der Waals surface area contributed by atoms with Gasteiger partial charge in [-0.2, -0.15) is 5.10 Å². The molecule has 2 rings (SSSR count). The van der Waals surface area contributed by atoms with Crippen molar-refractivity contribution in [2.24, 2.45) is 7.05 Å². The van der Waals surface area contributed by atoms with Gasteiger partial charge in [0.2, 0.25) is 0 Å². The first-order chi connectivity index (χ1) is 10.5. The number of hydrogen-bond acceptors (Lipinski definition) is 4. The van der Waals surface area contributed by atoms with Crippen LogP contribution in [0.2, 0.25) is 0 Å². The molecule has 0 aliphatic rings. The molecular weight excluding hydrogens is 300 g/mol. The number of ether oxygens (including phenoxy) is 2. The van der Waals surface area contributed by atoms with E-state index in [0.717, 1.165) is 17.1 Å². The SMILES string of the molecule is COc1ccc(NC(=S)N(C)Cc2ccnn2C)c(OC)c1. The third-order valence-corrected chi connectivity index (χ3v) is 3.73. The summed E-state index contributed by atoms with van der Waals surface area (Å²) in [6.07, 6.45) is 1.77. The standard InChI is InChI=1S/C15H20N4O2S/c1-18(10-11-7-8-16-19(11)2)15(22)17-13-6-5-12(20-3)9-14(13)21-4/h5-9H,10H2,1-4H3,(H,17,22). The summed E-state index contributed by atoms with van der Waals surface area (Å²) in [6.45, 7) is 0.667. The number of aryl methyl sites for hydroxylation is 1. The smallest absolute Gasteiger partial charge is 0.173 e. The number of aromatic nitrogens is 2. The lowest BCUT2D eigenvalue weighted by Crippen LogP contribution is -2.31. The number of rotatable bonds is 5.